The van der Waals surface area contributed by atoms with Gasteiger partial charge in [-0.25, -0.2) is 0 Å². The molecule has 1 fully saturated rings. The van der Waals surface area contributed by atoms with Crippen molar-refractivity contribution in [2.24, 2.45) is 0 Å². The number of nitrogens with zero attached hydrogens (tertiary/aromatic N) is 1. The Hall–Kier alpha value is -2.04. The summed E-state index contributed by atoms with van der Waals surface area (Å²) in [5.74, 6) is -0.218. The van der Waals surface area contributed by atoms with E-state index < -0.39 is 6.04 Å². The zero-order valence-corrected chi connectivity index (χ0v) is 18.8. The molecule has 3 rings (SSSR count). The zero-order valence-electron chi connectivity index (χ0n) is 17.2. The van der Waals surface area contributed by atoms with Gasteiger partial charge in [0.2, 0.25) is 11.8 Å². The van der Waals surface area contributed by atoms with Crippen molar-refractivity contribution < 1.29 is 9.59 Å². The maximum absolute atomic E-state index is 13.4. The lowest BCUT2D eigenvalue weighted by atomic mass is 10.0. The maximum Gasteiger partial charge on any atom is 0.243 e. The van der Waals surface area contributed by atoms with Crippen LogP contribution in [0.1, 0.15) is 50.2 Å². The smallest absolute Gasteiger partial charge is 0.243 e. The number of nitrogens with one attached hydrogen (secondary N) is 1. The third-order valence-corrected chi connectivity index (χ3v) is 6.37. The van der Waals surface area contributed by atoms with E-state index in [9.17, 15) is 9.59 Å². The minimum absolute atomic E-state index is 0.103. The first kappa shape index (κ1) is 22.6. The number of halogens is 2. The molecule has 0 aliphatic heterocycles. The van der Waals surface area contributed by atoms with Crippen molar-refractivity contribution in [3.8, 4) is 0 Å². The van der Waals surface area contributed by atoms with Gasteiger partial charge in [-0.1, -0.05) is 79.4 Å². The molecule has 2 aromatic rings. The van der Waals surface area contributed by atoms with Gasteiger partial charge >= 0.3 is 0 Å². The minimum atomic E-state index is -0.632. The normalized spacial score (nSPS) is 15.0. The van der Waals surface area contributed by atoms with Gasteiger partial charge in [0, 0.05) is 41.0 Å². The molecule has 1 aliphatic rings. The average molecular weight is 447 g/mol. The summed E-state index contributed by atoms with van der Waals surface area (Å²) in [6.45, 7) is 2.00. The van der Waals surface area contributed by atoms with Gasteiger partial charge in [-0.3, -0.25) is 9.59 Å². The highest BCUT2D eigenvalue weighted by atomic mass is 35.5. The average Bonchev–Trinajstić information content (AvgIpc) is 3.25. The van der Waals surface area contributed by atoms with Gasteiger partial charge in [-0.15, -0.1) is 0 Å². The van der Waals surface area contributed by atoms with Crippen LogP contribution in [0.25, 0.3) is 0 Å². The van der Waals surface area contributed by atoms with Crippen LogP contribution in [0.3, 0.4) is 0 Å². The Bertz CT molecular complexity index is 847. The highest BCUT2D eigenvalue weighted by Gasteiger charge is 2.32. The predicted molar refractivity (Wildman–Crippen MR) is 122 cm³/mol. The van der Waals surface area contributed by atoms with Crippen molar-refractivity contribution in [2.45, 2.75) is 64.1 Å². The first-order chi connectivity index (χ1) is 14.5. The van der Waals surface area contributed by atoms with E-state index in [1.54, 1.807) is 30.0 Å². The van der Waals surface area contributed by atoms with E-state index in [2.05, 4.69) is 5.32 Å². The highest BCUT2D eigenvalue weighted by molar-refractivity contribution is 6.36. The van der Waals surface area contributed by atoms with Crippen molar-refractivity contribution in [3.05, 3.63) is 69.7 Å². The molecular formula is C24H28Cl2N2O2. The van der Waals surface area contributed by atoms with Gasteiger partial charge in [-0.05, 0) is 30.5 Å². The largest absolute Gasteiger partial charge is 0.352 e. The lowest BCUT2D eigenvalue weighted by Gasteiger charge is -2.32. The molecule has 2 aromatic carbocycles. The first-order valence-corrected chi connectivity index (χ1v) is 11.3. The number of amides is 2. The van der Waals surface area contributed by atoms with Crippen molar-refractivity contribution in [3.63, 3.8) is 0 Å². The Morgan fingerprint density at radius 3 is 2.27 bits per heavy atom. The van der Waals surface area contributed by atoms with E-state index in [1.807, 2.05) is 30.3 Å². The van der Waals surface area contributed by atoms with E-state index in [0.717, 1.165) is 31.2 Å². The molecule has 160 valence electrons. The van der Waals surface area contributed by atoms with Crippen LogP contribution in [0.2, 0.25) is 10.0 Å². The molecule has 0 bridgehead atoms. The van der Waals surface area contributed by atoms with Crippen molar-refractivity contribution in [2.75, 3.05) is 0 Å². The number of hydrogen-bond donors (Lipinski definition) is 1. The number of carbonyl (C=O) groups is 2. The van der Waals surface area contributed by atoms with Gasteiger partial charge in [0.25, 0.3) is 0 Å². The summed E-state index contributed by atoms with van der Waals surface area (Å²) in [5, 5.41) is 4.16. The van der Waals surface area contributed by atoms with Crippen LogP contribution >= 0.6 is 23.2 Å². The molecule has 4 nitrogen and oxygen atoms in total. The summed E-state index contributed by atoms with van der Waals surface area (Å²) >= 11 is 12.8. The van der Waals surface area contributed by atoms with E-state index in [4.69, 9.17) is 23.2 Å². The second-order valence-corrected chi connectivity index (χ2v) is 8.59. The van der Waals surface area contributed by atoms with Crippen molar-refractivity contribution in [1.29, 1.82) is 0 Å². The van der Waals surface area contributed by atoms with Crippen molar-refractivity contribution in [1.82, 2.24) is 10.2 Å². The van der Waals surface area contributed by atoms with E-state index >= 15 is 0 Å². The molecule has 1 atom stereocenters. The van der Waals surface area contributed by atoms with Gasteiger partial charge in [-0.2, -0.15) is 0 Å². The molecule has 1 aliphatic carbocycles. The molecule has 0 saturated heterocycles. The lowest BCUT2D eigenvalue weighted by Crippen LogP contribution is -2.52. The standard InChI is InChI=1S/C24H28Cl2N2O2/c1-2-23(29)28(16-19-20(25)13-8-14-21(19)26)22(15-17-9-4-3-5-10-17)24(30)27-18-11-6-7-12-18/h3-5,8-10,13-14,18,22H,2,6-7,11-12,15-16H2,1H3,(H,27,30). The van der Waals surface area contributed by atoms with Crippen LogP contribution < -0.4 is 5.32 Å². The van der Waals surface area contributed by atoms with Gasteiger partial charge in [0.05, 0.1) is 0 Å². The molecule has 30 heavy (non-hydrogen) atoms. The number of benzene rings is 2. The van der Waals surface area contributed by atoms with Crippen LogP contribution in [0.15, 0.2) is 48.5 Å². The third kappa shape index (κ3) is 5.77. The molecule has 2 amide bonds. The van der Waals surface area contributed by atoms with Crippen LogP contribution in [0.4, 0.5) is 0 Å². The van der Waals surface area contributed by atoms with E-state index in [0.29, 0.717) is 28.5 Å². The zero-order chi connectivity index (χ0) is 21.5. The van der Waals surface area contributed by atoms with Crippen LogP contribution in [-0.2, 0) is 22.6 Å². The van der Waals surface area contributed by atoms with Crippen LogP contribution in [-0.4, -0.2) is 28.8 Å². The fraction of sp³-hybridized carbons (Fsp3) is 0.417. The summed E-state index contributed by atoms with van der Waals surface area (Å²) < 4.78 is 0. The number of hydrogen-bond acceptors (Lipinski definition) is 2. The fourth-order valence-corrected chi connectivity index (χ4v) is 4.50. The monoisotopic (exact) mass is 446 g/mol. The second kappa shape index (κ2) is 10.8. The SMILES string of the molecule is CCC(=O)N(Cc1c(Cl)cccc1Cl)C(Cc1ccccc1)C(=O)NC1CCCC1. The third-order valence-electron chi connectivity index (χ3n) is 5.67. The van der Waals surface area contributed by atoms with Gasteiger partial charge in [0.15, 0.2) is 0 Å². The summed E-state index contributed by atoms with van der Waals surface area (Å²) in [6.07, 6.45) is 4.96. The molecule has 1 N–H and O–H groups in total. The molecule has 0 heterocycles. The Balaban J connectivity index is 1.92. The Labute approximate surface area is 188 Å². The molecule has 1 saturated carbocycles. The molecular weight excluding hydrogens is 419 g/mol. The molecule has 0 radical (unpaired) electrons. The summed E-state index contributed by atoms with van der Waals surface area (Å²) in [7, 11) is 0. The highest BCUT2D eigenvalue weighted by Crippen LogP contribution is 2.27. The first-order valence-electron chi connectivity index (χ1n) is 10.6. The number of rotatable bonds is 8. The van der Waals surface area contributed by atoms with Crippen molar-refractivity contribution >= 4 is 35.0 Å². The van der Waals surface area contributed by atoms with E-state index in [1.165, 1.54) is 0 Å². The second-order valence-electron chi connectivity index (χ2n) is 7.77. The Kier molecular flexibility index (Phi) is 8.17. The molecule has 0 aromatic heterocycles. The summed E-state index contributed by atoms with van der Waals surface area (Å²) in [6, 6.07) is 14.6. The Morgan fingerprint density at radius 2 is 1.67 bits per heavy atom. The number of carbonyl (C=O) groups excluding carboxylic acids is 2. The lowest BCUT2D eigenvalue weighted by molar-refractivity contribution is -0.141. The molecule has 0 spiro atoms. The van der Waals surface area contributed by atoms with E-state index in [-0.39, 0.29) is 24.4 Å². The quantitative estimate of drug-likeness (QED) is 0.589. The topological polar surface area (TPSA) is 49.4 Å². The van der Waals surface area contributed by atoms with Gasteiger partial charge < -0.3 is 10.2 Å². The minimum Gasteiger partial charge on any atom is -0.352 e. The molecule has 6 heteroatoms. The molecule has 1 unspecified atom stereocenters. The maximum atomic E-state index is 13.4. The summed E-state index contributed by atoms with van der Waals surface area (Å²) in [5.41, 5.74) is 1.66. The summed E-state index contributed by atoms with van der Waals surface area (Å²) in [4.78, 5) is 28.0. The van der Waals surface area contributed by atoms with Crippen LogP contribution in [0.5, 0.6) is 0 Å². The fourth-order valence-electron chi connectivity index (χ4n) is 3.98. The predicted octanol–water partition coefficient (Wildman–Crippen LogP) is 5.40. The van der Waals surface area contributed by atoms with Gasteiger partial charge in [0.1, 0.15) is 6.04 Å². The Morgan fingerprint density at radius 1 is 1.03 bits per heavy atom. The van der Waals surface area contributed by atoms with Crippen LogP contribution in [0, 0.1) is 0 Å².